The number of nitrogens with zero attached hydrogens (tertiary/aromatic N) is 1. The second-order valence-electron chi connectivity index (χ2n) is 4.21. The van der Waals surface area contributed by atoms with Crippen LogP contribution < -0.4 is 0 Å². The minimum Gasteiger partial charge on any atom is -0.380 e. The predicted molar refractivity (Wildman–Crippen MR) is 45.8 cm³/mol. The summed E-state index contributed by atoms with van der Waals surface area (Å²) in [5, 5.41) is 9.13. The summed E-state index contributed by atoms with van der Waals surface area (Å²) in [6.07, 6.45) is 1.83. The van der Waals surface area contributed by atoms with E-state index < -0.39 is 5.41 Å². The first-order valence-corrected chi connectivity index (χ1v) is 4.69. The summed E-state index contributed by atoms with van der Waals surface area (Å²) in [5.74, 6) is 0.223. The van der Waals surface area contributed by atoms with Gasteiger partial charge in [0.2, 0.25) is 0 Å². The van der Waals surface area contributed by atoms with Crippen molar-refractivity contribution in [2.24, 2.45) is 10.8 Å². The lowest BCUT2D eigenvalue weighted by Crippen LogP contribution is -2.60. The SMILES string of the molecule is CCC1(C2(C#N)CC(=O)C2)COC1. The lowest BCUT2D eigenvalue weighted by molar-refractivity contribution is -0.192. The Balaban J connectivity index is 2.22. The number of hydrogen-bond acceptors (Lipinski definition) is 3. The Morgan fingerprint density at radius 1 is 1.54 bits per heavy atom. The molecule has 0 aromatic heterocycles. The van der Waals surface area contributed by atoms with Gasteiger partial charge in [-0.25, -0.2) is 0 Å². The fraction of sp³-hybridized carbons (Fsp3) is 0.800. The van der Waals surface area contributed by atoms with Crippen LogP contribution in [0.3, 0.4) is 0 Å². The highest BCUT2D eigenvalue weighted by Gasteiger charge is 2.61. The van der Waals surface area contributed by atoms with Crippen molar-refractivity contribution in [3.63, 3.8) is 0 Å². The van der Waals surface area contributed by atoms with E-state index >= 15 is 0 Å². The van der Waals surface area contributed by atoms with Crippen LogP contribution in [0, 0.1) is 22.2 Å². The quantitative estimate of drug-likeness (QED) is 0.641. The summed E-state index contributed by atoms with van der Waals surface area (Å²) < 4.78 is 5.19. The molecule has 0 bridgehead atoms. The molecule has 0 radical (unpaired) electrons. The van der Waals surface area contributed by atoms with Crippen molar-refractivity contribution in [1.82, 2.24) is 0 Å². The largest absolute Gasteiger partial charge is 0.380 e. The molecule has 1 aliphatic carbocycles. The van der Waals surface area contributed by atoms with Crippen molar-refractivity contribution in [2.45, 2.75) is 26.2 Å². The molecule has 0 atom stereocenters. The standard InChI is InChI=1S/C10H13NO2/c1-2-9(6-13-7-9)10(5-11)3-8(12)4-10/h2-4,6-7H2,1H3. The molecular weight excluding hydrogens is 166 g/mol. The van der Waals surface area contributed by atoms with Crippen molar-refractivity contribution >= 4 is 5.78 Å². The Hall–Kier alpha value is -0.880. The van der Waals surface area contributed by atoms with Crippen molar-refractivity contribution in [3.05, 3.63) is 0 Å². The van der Waals surface area contributed by atoms with Gasteiger partial charge in [-0.2, -0.15) is 5.26 Å². The van der Waals surface area contributed by atoms with Gasteiger partial charge in [0.25, 0.3) is 0 Å². The van der Waals surface area contributed by atoms with Crippen LogP contribution in [0.1, 0.15) is 26.2 Å². The van der Waals surface area contributed by atoms with Crippen LogP contribution in [0.2, 0.25) is 0 Å². The van der Waals surface area contributed by atoms with Gasteiger partial charge in [0.1, 0.15) is 5.78 Å². The van der Waals surface area contributed by atoms with Gasteiger partial charge in [0.05, 0.1) is 24.7 Å². The summed E-state index contributed by atoms with van der Waals surface area (Å²) in [6.45, 7) is 3.39. The Morgan fingerprint density at radius 2 is 2.15 bits per heavy atom. The van der Waals surface area contributed by atoms with Crippen molar-refractivity contribution in [2.75, 3.05) is 13.2 Å². The molecule has 1 heterocycles. The van der Waals surface area contributed by atoms with Gasteiger partial charge in [0, 0.05) is 18.3 Å². The van der Waals surface area contributed by atoms with Crippen LogP contribution in [0.5, 0.6) is 0 Å². The minimum atomic E-state index is -0.392. The molecule has 13 heavy (non-hydrogen) atoms. The van der Waals surface area contributed by atoms with Gasteiger partial charge in [0.15, 0.2) is 0 Å². The van der Waals surface area contributed by atoms with Crippen LogP contribution in [-0.4, -0.2) is 19.0 Å². The Kier molecular flexibility index (Phi) is 1.71. The maximum Gasteiger partial charge on any atom is 0.136 e. The average Bonchev–Trinajstić information content (AvgIpc) is 1.99. The van der Waals surface area contributed by atoms with Gasteiger partial charge < -0.3 is 4.74 Å². The normalized spacial score (nSPS) is 28.5. The first-order valence-electron chi connectivity index (χ1n) is 4.69. The number of nitriles is 1. The Bertz CT molecular complexity index is 272. The van der Waals surface area contributed by atoms with E-state index in [4.69, 9.17) is 10.00 Å². The average molecular weight is 179 g/mol. The summed E-state index contributed by atoms with van der Waals surface area (Å²) >= 11 is 0. The van der Waals surface area contributed by atoms with Crippen LogP contribution >= 0.6 is 0 Å². The highest BCUT2D eigenvalue weighted by Crippen LogP contribution is 2.57. The zero-order chi connectivity index (χ0) is 9.53. The summed E-state index contributed by atoms with van der Waals surface area (Å²) in [4.78, 5) is 11.0. The summed E-state index contributed by atoms with van der Waals surface area (Å²) in [7, 11) is 0. The summed E-state index contributed by atoms with van der Waals surface area (Å²) in [6, 6.07) is 2.34. The molecule has 0 unspecified atom stereocenters. The fourth-order valence-electron chi connectivity index (χ4n) is 2.36. The van der Waals surface area contributed by atoms with E-state index in [0.717, 1.165) is 6.42 Å². The monoisotopic (exact) mass is 179 g/mol. The lowest BCUT2D eigenvalue weighted by atomic mass is 9.51. The molecule has 70 valence electrons. The molecular formula is C10H13NO2. The van der Waals surface area contributed by atoms with Gasteiger partial charge >= 0.3 is 0 Å². The Morgan fingerprint density at radius 3 is 2.38 bits per heavy atom. The molecule has 1 saturated carbocycles. The molecule has 2 fully saturated rings. The van der Waals surface area contributed by atoms with E-state index in [-0.39, 0.29) is 11.2 Å². The molecule has 1 saturated heterocycles. The number of carbonyl (C=O) groups is 1. The van der Waals surface area contributed by atoms with Crippen molar-refractivity contribution in [3.8, 4) is 6.07 Å². The van der Waals surface area contributed by atoms with E-state index in [1.807, 2.05) is 0 Å². The zero-order valence-electron chi connectivity index (χ0n) is 7.80. The first-order chi connectivity index (χ1) is 6.18. The third-order valence-electron chi connectivity index (χ3n) is 3.66. The number of Topliss-reactive ketones (excluding diaryl/α,β-unsaturated/α-hetero) is 1. The molecule has 0 aromatic carbocycles. The fourth-order valence-corrected chi connectivity index (χ4v) is 2.36. The lowest BCUT2D eigenvalue weighted by Gasteiger charge is -2.55. The van der Waals surface area contributed by atoms with Crippen LogP contribution in [0.15, 0.2) is 0 Å². The Labute approximate surface area is 77.7 Å². The molecule has 1 aliphatic heterocycles. The number of ketones is 1. The van der Waals surface area contributed by atoms with E-state index in [1.165, 1.54) is 0 Å². The highest BCUT2D eigenvalue weighted by atomic mass is 16.5. The third-order valence-corrected chi connectivity index (χ3v) is 3.66. The maximum absolute atomic E-state index is 11.0. The van der Waals surface area contributed by atoms with E-state index in [2.05, 4.69) is 13.0 Å². The van der Waals surface area contributed by atoms with Crippen molar-refractivity contribution < 1.29 is 9.53 Å². The van der Waals surface area contributed by atoms with E-state index in [9.17, 15) is 4.79 Å². The van der Waals surface area contributed by atoms with Gasteiger partial charge in [-0.15, -0.1) is 0 Å². The second-order valence-corrected chi connectivity index (χ2v) is 4.21. The molecule has 2 rings (SSSR count). The minimum absolute atomic E-state index is 0.0182. The molecule has 3 nitrogen and oxygen atoms in total. The van der Waals surface area contributed by atoms with Crippen LogP contribution in [-0.2, 0) is 9.53 Å². The maximum atomic E-state index is 11.0. The molecule has 3 heteroatoms. The van der Waals surface area contributed by atoms with Gasteiger partial charge in [-0.1, -0.05) is 6.92 Å². The third kappa shape index (κ3) is 0.896. The molecule has 0 spiro atoms. The summed E-state index contributed by atoms with van der Waals surface area (Å²) in [5.41, 5.74) is -0.410. The molecule has 0 N–H and O–H groups in total. The molecule has 0 amide bonds. The van der Waals surface area contributed by atoms with Crippen molar-refractivity contribution in [1.29, 1.82) is 5.26 Å². The van der Waals surface area contributed by atoms with E-state index in [1.54, 1.807) is 0 Å². The number of rotatable bonds is 2. The zero-order valence-corrected chi connectivity index (χ0v) is 7.80. The smallest absolute Gasteiger partial charge is 0.136 e. The topological polar surface area (TPSA) is 50.1 Å². The second kappa shape index (κ2) is 2.55. The number of ether oxygens (including phenoxy) is 1. The van der Waals surface area contributed by atoms with Crippen LogP contribution in [0.25, 0.3) is 0 Å². The van der Waals surface area contributed by atoms with E-state index in [0.29, 0.717) is 26.1 Å². The van der Waals surface area contributed by atoms with Crippen LogP contribution in [0.4, 0.5) is 0 Å². The highest BCUT2D eigenvalue weighted by molar-refractivity contribution is 5.87. The number of carbonyl (C=O) groups excluding carboxylic acids is 1. The predicted octanol–water partition coefficient (Wildman–Crippen LogP) is 1.29. The molecule has 0 aromatic rings. The molecule has 2 aliphatic rings. The van der Waals surface area contributed by atoms with Gasteiger partial charge in [-0.3, -0.25) is 4.79 Å². The number of hydrogen-bond donors (Lipinski definition) is 0. The first kappa shape index (κ1) is 8.71. The van der Waals surface area contributed by atoms with Gasteiger partial charge in [-0.05, 0) is 6.42 Å².